The smallest absolute Gasteiger partial charge is 0.267 e. The van der Waals surface area contributed by atoms with Crippen LogP contribution in [-0.2, 0) is 4.74 Å². The summed E-state index contributed by atoms with van der Waals surface area (Å²) in [4.78, 5) is 34.8. The molecule has 30 heavy (non-hydrogen) atoms. The molecule has 0 aliphatic carbocycles. The van der Waals surface area contributed by atoms with Gasteiger partial charge in [0.25, 0.3) is 11.8 Å². The first-order valence-corrected chi connectivity index (χ1v) is 10.7. The van der Waals surface area contributed by atoms with E-state index in [-0.39, 0.29) is 11.8 Å². The maximum Gasteiger partial charge on any atom is 0.267 e. The predicted molar refractivity (Wildman–Crippen MR) is 118 cm³/mol. The summed E-state index contributed by atoms with van der Waals surface area (Å²) in [5.74, 6) is -0.646. The third-order valence-electron chi connectivity index (χ3n) is 5.71. The molecule has 0 spiro atoms. The number of carbonyl (C=O) groups is 2. The summed E-state index contributed by atoms with van der Waals surface area (Å²) in [5.41, 5.74) is 2.89. The van der Waals surface area contributed by atoms with Gasteiger partial charge >= 0.3 is 0 Å². The molecule has 148 valence electrons. The first-order valence-electron chi connectivity index (χ1n) is 9.85. The predicted octanol–water partition coefficient (Wildman–Crippen LogP) is 4.09. The first kappa shape index (κ1) is 17.6. The highest BCUT2D eigenvalue weighted by Crippen LogP contribution is 2.39. The zero-order chi connectivity index (χ0) is 20.2. The Balaban J connectivity index is 1.52. The Kier molecular flexibility index (Phi) is 3.87. The molecule has 0 atom stereocenters. The third kappa shape index (κ3) is 2.49. The van der Waals surface area contributed by atoms with Crippen LogP contribution < -0.4 is 9.80 Å². The molecule has 0 N–H and O–H groups in total. The summed E-state index contributed by atoms with van der Waals surface area (Å²) >= 11 is 1.35. The van der Waals surface area contributed by atoms with E-state index in [0.29, 0.717) is 29.5 Å². The van der Waals surface area contributed by atoms with E-state index in [1.54, 1.807) is 6.07 Å². The molecular weight excluding hydrogens is 398 g/mol. The second-order valence-electron chi connectivity index (χ2n) is 7.37. The maximum absolute atomic E-state index is 13.4. The van der Waals surface area contributed by atoms with Gasteiger partial charge in [0.15, 0.2) is 0 Å². The minimum Gasteiger partial charge on any atom is -0.378 e. The van der Waals surface area contributed by atoms with Gasteiger partial charge in [-0.1, -0.05) is 35.6 Å². The van der Waals surface area contributed by atoms with Crippen molar-refractivity contribution in [2.45, 2.75) is 0 Å². The number of amides is 2. The monoisotopic (exact) mass is 415 g/mol. The molecule has 6 nitrogen and oxygen atoms in total. The van der Waals surface area contributed by atoms with Crippen LogP contribution in [0, 0.1) is 0 Å². The molecule has 4 aromatic rings. The van der Waals surface area contributed by atoms with E-state index in [1.165, 1.54) is 16.2 Å². The summed E-state index contributed by atoms with van der Waals surface area (Å²) in [6, 6.07) is 17.1. The van der Waals surface area contributed by atoms with Crippen LogP contribution in [-0.4, -0.2) is 43.1 Å². The zero-order valence-corrected chi connectivity index (χ0v) is 16.8. The van der Waals surface area contributed by atoms with Crippen molar-refractivity contribution in [3.8, 4) is 0 Å². The van der Waals surface area contributed by atoms with E-state index >= 15 is 0 Å². The fourth-order valence-electron chi connectivity index (χ4n) is 4.29. The van der Waals surface area contributed by atoms with Crippen LogP contribution in [0.15, 0.2) is 54.6 Å². The lowest BCUT2D eigenvalue weighted by atomic mass is 9.93. The van der Waals surface area contributed by atoms with E-state index in [1.807, 2.05) is 48.5 Å². The number of ether oxygens (including phenoxy) is 1. The van der Waals surface area contributed by atoms with Gasteiger partial charge in [-0.05, 0) is 30.3 Å². The lowest BCUT2D eigenvalue weighted by Gasteiger charge is -2.32. The molecule has 0 bridgehead atoms. The Bertz CT molecular complexity index is 1290. The van der Waals surface area contributed by atoms with Crippen molar-refractivity contribution >= 4 is 55.0 Å². The van der Waals surface area contributed by atoms with E-state index in [0.717, 1.165) is 39.8 Å². The van der Waals surface area contributed by atoms with Crippen molar-refractivity contribution in [3.05, 3.63) is 65.7 Å². The molecule has 3 heterocycles. The molecule has 1 aromatic heterocycles. The normalized spacial score (nSPS) is 16.7. The van der Waals surface area contributed by atoms with Crippen molar-refractivity contribution in [2.75, 3.05) is 36.1 Å². The highest BCUT2D eigenvalue weighted by Gasteiger charge is 2.36. The lowest BCUT2D eigenvalue weighted by molar-refractivity contribution is 0.0893. The number of hydrogen-bond donors (Lipinski definition) is 0. The van der Waals surface area contributed by atoms with Gasteiger partial charge in [0, 0.05) is 40.7 Å². The molecule has 0 unspecified atom stereocenters. The van der Waals surface area contributed by atoms with Crippen molar-refractivity contribution in [3.63, 3.8) is 0 Å². The van der Waals surface area contributed by atoms with Crippen molar-refractivity contribution in [1.82, 2.24) is 4.98 Å². The maximum atomic E-state index is 13.4. The van der Waals surface area contributed by atoms with Crippen molar-refractivity contribution < 1.29 is 14.3 Å². The van der Waals surface area contributed by atoms with Gasteiger partial charge in [-0.15, -0.1) is 0 Å². The molecule has 2 aliphatic rings. The highest BCUT2D eigenvalue weighted by atomic mass is 32.1. The number of thiazole rings is 1. The molecule has 1 saturated heterocycles. The summed E-state index contributed by atoms with van der Waals surface area (Å²) in [6.07, 6.45) is 0. The number of nitrogens with zero attached hydrogens (tertiary/aromatic N) is 3. The Labute approximate surface area is 176 Å². The number of rotatable bonds is 2. The molecule has 7 heteroatoms. The summed E-state index contributed by atoms with van der Waals surface area (Å²) < 4.78 is 6.42. The molecule has 2 amide bonds. The van der Waals surface area contributed by atoms with Crippen LogP contribution in [0.2, 0.25) is 0 Å². The topological polar surface area (TPSA) is 62.7 Å². The molecular formula is C23H17N3O3S. The van der Waals surface area contributed by atoms with E-state index in [9.17, 15) is 9.59 Å². The quantitative estimate of drug-likeness (QED) is 0.462. The summed E-state index contributed by atoms with van der Waals surface area (Å²) in [5, 5.41) is 2.07. The van der Waals surface area contributed by atoms with Gasteiger partial charge in [-0.2, -0.15) is 0 Å². The minimum atomic E-state index is -0.323. The lowest BCUT2D eigenvalue weighted by Crippen LogP contribution is -2.41. The third-order valence-corrected chi connectivity index (χ3v) is 6.73. The molecule has 6 rings (SSSR count). The van der Waals surface area contributed by atoms with Crippen molar-refractivity contribution in [1.29, 1.82) is 0 Å². The van der Waals surface area contributed by atoms with Gasteiger partial charge in [-0.3, -0.25) is 9.59 Å². The fourth-order valence-corrected chi connectivity index (χ4v) is 5.25. The van der Waals surface area contributed by atoms with Crippen LogP contribution >= 0.6 is 11.3 Å². The number of benzene rings is 3. The number of anilines is 2. The van der Waals surface area contributed by atoms with E-state index in [2.05, 4.69) is 9.88 Å². The standard InChI is InChI=1S/C23H17N3O3S/c27-21-15-5-3-4-14-18(25-10-12-29-13-11-25)9-8-16(20(14)15)22(28)26(21)23-24-17-6-1-2-7-19(17)30-23/h1-9H,10-13H2. The van der Waals surface area contributed by atoms with Gasteiger partial charge < -0.3 is 9.64 Å². The number of aromatic nitrogens is 1. The average Bonchev–Trinajstić information content (AvgIpc) is 3.21. The molecule has 3 aromatic carbocycles. The summed E-state index contributed by atoms with van der Waals surface area (Å²) in [6.45, 7) is 2.93. The average molecular weight is 415 g/mol. The van der Waals surface area contributed by atoms with Gasteiger partial charge in [0.05, 0.1) is 23.4 Å². The van der Waals surface area contributed by atoms with Crippen LogP contribution in [0.1, 0.15) is 20.7 Å². The highest BCUT2D eigenvalue weighted by molar-refractivity contribution is 7.22. The van der Waals surface area contributed by atoms with Gasteiger partial charge in [0.1, 0.15) is 0 Å². The molecule has 0 radical (unpaired) electrons. The molecule has 1 fully saturated rings. The molecule has 0 saturated carbocycles. The van der Waals surface area contributed by atoms with Crippen molar-refractivity contribution in [2.24, 2.45) is 0 Å². The number of hydrogen-bond acceptors (Lipinski definition) is 6. The second-order valence-corrected chi connectivity index (χ2v) is 8.38. The Morgan fingerprint density at radius 3 is 2.43 bits per heavy atom. The Morgan fingerprint density at radius 2 is 1.63 bits per heavy atom. The molecule has 2 aliphatic heterocycles. The van der Waals surface area contributed by atoms with E-state index < -0.39 is 0 Å². The largest absolute Gasteiger partial charge is 0.378 e. The van der Waals surface area contributed by atoms with E-state index in [4.69, 9.17) is 4.74 Å². The summed E-state index contributed by atoms with van der Waals surface area (Å²) in [7, 11) is 0. The van der Waals surface area contributed by atoms with Crippen LogP contribution in [0.25, 0.3) is 21.0 Å². The Morgan fingerprint density at radius 1 is 0.867 bits per heavy atom. The second kappa shape index (κ2) is 6.62. The number of carbonyl (C=O) groups excluding carboxylic acids is 2. The number of morpholine rings is 1. The SMILES string of the molecule is O=C1c2cccc3c(N4CCOCC4)ccc(c23)C(=O)N1c1nc2ccccc2s1. The van der Waals surface area contributed by atoms with Crippen LogP contribution in [0.5, 0.6) is 0 Å². The fraction of sp³-hybridized carbons (Fsp3) is 0.174. The van der Waals surface area contributed by atoms with Crippen LogP contribution in [0.4, 0.5) is 10.8 Å². The number of para-hydroxylation sites is 1. The zero-order valence-electron chi connectivity index (χ0n) is 16.0. The van der Waals surface area contributed by atoms with Gasteiger partial charge in [-0.25, -0.2) is 9.88 Å². The minimum absolute atomic E-state index is 0.323. The van der Waals surface area contributed by atoms with Crippen LogP contribution in [0.3, 0.4) is 0 Å². The number of imide groups is 1. The first-order chi connectivity index (χ1) is 14.7. The number of fused-ring (bicyclic) bond motifs is 1. The van der Waals surface area contributed by atoms with Gasteiger partial charge in [0.2, 0.25) is 5.13 Å². The Hall–Kier alpha value is -3.29.